The summed E-state index contributed by atoms with van der Waals surface area (Å²) >= 11 is 0. The average molecular weight is 251 g/mol. The van der Waals surface area contributed by atoms with Gasteiger partial charge in [-0.1, -0.05) is 40.5 Å². The van der Waals surface area contributed by atoms with E-state index in [0.29, 0.717) is 12.5 Å². The Hall–Kier alpha value is -0.280. The van der Waals surface area contributed by atoms with Crippen LogP contribution >= 0.6 is 12.4 Å². The third-order valence-electron chi connectivity index (χ3n) is 2.95. The van der Waals surface area contributed by atoms with Crippen LogP contribution in [-0.2, 0) is 4.79 Å². The van der Waals surface area contributed by atoms with Gasteiger partial charge in [-0.2, -0.15) is 0 Å². The number of halogens is 1. The maximum absolute atomic E-state index is 11.8. The quantitative estimate of drug-likeness (QED) is 0.729. The minimum atomic E-state index is 0. The molecule has 0 aliphatic rings. The molecule has 0 rings (SSSR count). The summed E-state index contributed by atoms with van der Waals surface area (Å²) in [5, 5.41) is 3.02. The van der Waals surface area contributed by atoms with Crippen LogP contribution in [0.2, 0.25) is 0 Å². The summed E-state index contributed by atoms with van der Waals surface area (Å²) in [5.41, 5.74) is 5.62. The Kier molecular flexibility index (Phi) is 11.2. The van der Waals surface area contributed by atoms with Crippen LogP contribution in [0.5, 0.6) is 0 Å². The summed E-state index contributed by atoms with van der Waals surface area (Å²) in [5.74, 6) is 0.590. The number of carbonyl (C=O) groups is 1. The van der Waals surface area contributed by atoms with E-state index in [1.54, 1.807) is 0 Å². The summed E-state index contributed by atoms with van der Waals surface area (Å²) in [6.45, 7) is 8.78. The molecule has 0 spiro atoms. The van der Waals surface area contributed by atoms with Crippen molar-refractivity contribution in [2.75, 3.05) is 6.54 Å². The molecule has 2 unspecified atom stereocenters. The molecule has 4 heteroatoms. The number of rotatable bonds is 7. The van der Waals surface area contributed by atoms with Crippen molar-refractivity contribution in [2.45, 2.75) is 53.0 Å². The van der Waals surface area contributed by atoms with Gasteiger partial charge in [0.15, 0.2) is 0 Å². The van der Waals surface area contributed by atoms with Gasteiger partial charge in [0, 0.05) is 18.5 Å². The molecule has 98 valence electrons. The average Bonchev–Trinajstić information content (AvgIpc) is 2.22. The first-order chi connectivity index (χ1) is 7.02. The first-order valence-electron chi connectivity index (χ1n) is 6.03. The van der Waals surface area contributed by atoms with Gasteiger partial charge in [0.25, 0.3) is 0 Å². The van der Waals surface area contributed by atoms with Crippen molar-refractivity contribution < 1.29 is 4.79 Å². The van der Waals surface area contributed by atoms with Crippen LogP contribution in [0.25, 0.3) is 0 Å². The fraction of sp³-hybridized carbons (Fsp3) is 0.917. The third-order valence-corrected chi connectivity index (χ3v) is 2.95. The van der Waals surface area contributed by atoms with Crippen molar-refractivity contribution in [3.63, 3.8) is 0 Å². The van der Waals surface area contributed by atoms with Gasteiger partial charge >= 0.3 is 0 Å². The molecule has 0 radical (unpaired) electrons. The molecule has 0 aliphatic carbocycles. The van der Waals surface area contributed by atoms with Crippen molar-refractivity contribution in [3.8, 4) is 0 Å². The summed E-state index contributed by atoms with van der Waals surface area (Å²) in [6.07, 6.45) is 3.26. The Morgan fingerprint density at radius 3 is 2.25 bits per heavy atom. The van der Waals surface area contributed by atoms with E-state index in [4.69, 9.17) is 5.73 Å². The van der Waals surface area contributed by atoms with E-state index >= 15 is 0 Å². The molecule has 0 fully saturated rings. The van der Waals surface area contributed by atoms with Gasteiger partial charge in [0.1, 0.15) is 0 Å². The molecule has 0 aliphatic heterocycles. The molecule has 0 saturated heterocycles. The molecule has 0 saturated carbocycles. The second-order valence-electron chi connectivity index (χ2n) is 4.62. The fourth-order valence-corrected chi connectivity index (χ4v) is 1.33. The fourth-order valence-electron chi connectivity index (χ4n) is 1.33. The molecule has 0 bridgehead atoms. The Bertz CT molecular complexity index is 186. The van der Waals surface area contributed by atoms with Crippen molar-refractivity contribution in [1.29, 1.82) is 0 Å². The SMILES string of the molecule is CCCCC(CN)NC(=O)C(C)C(C)C.Cl. The molecule has 0 aromatic rings. The molecule has 3 nitrogen and oxygen atoms in total. The number of carbonyl (C=O) groups excluding carboxylic acids is 1. The minimum Gasteiger partial charge on any atom is -0.352 e. The lowest BCUT2D eigenvalue weighted by Gasteiger charge is -2.21. The zero-order chi connectivity index (χ0) is 11.8. The summed E-state index contributed by atoms with van der Waals surface area (Å²) in [7, 11) is 0. The zero-order valence-electron chi connectivity index (χ0n) is 11.0. The third kappa shape index (κ3) is 7.07. The van der Waals surface area contributed by atoms with Crippen LogP contribution in [-0.4, -0.2) is 18.5 Å². The number of hydrogen-bond acceptors (Lipinski definition) is 2. The maximum Gasteiger partial charge on any atom is 0.223 e. The lowest BCUT2D eigenvalue weighted by molar-refractivity contribution is -0.126. The van der Waals surface area contributed by atoms with Gasteiger partial charge in [0.05, 0.1) is 0 Å². The first-order valence-corrected chi connectivity index (χ1v) is 6.03. The highest BCUT2D eigenvalue weighted by Crippen LogP contribution is 2.10. The lowest BCUT2D eigenvalue weighted by atomic mass is 9.96. The summed E-state index contributed by atoms with van der Waals surface area (Å²) in [4.78, 5) is 11.8. The van der Waals surface area contributed by atoms with E-state index in [1.807, 2.05) is 6.92 Å². The largest absolute Gasteiger partial charge is 0.352 e. The highest BCUT2D eigenvalue weighted by molar-refractivity contribution is 5.85. The summed E-state index contributed by atoms with van der Waals surface area (Å²) < 4.78 is 0. The number of amides is 1. The highest BCUT2D eigenvalue weighted by atomic mass is 35.5. The van der Waals surface area contributed by atoms with E-state index < -0.39 is 0 Å². The van der Waals surface area contributed by atoms with Crippen LogP contribution in [0.15, 0.2) is 0 Å². The number of unbranched alkanes of at least 4 members (excludes halogenated alkanes) is 1. The van der Waals surface area contributed by atoms with E-state index in [9.17, 15) is 4.79 Å². The normalized spacial score (nSPS) is 14.1. The number of nitrogens with one attached hydrogen (secondary N) is 1. The minimum absolute atomic E-state index is 0. The lowest BCUT2D eigenvalue weighted by Crippen LogP contribution is -2.43. The predicted octanol–water partition coefficient (Wildman–Crippen LogP) is 2.33. The van der Waals surface area contributed by atoms with Crippen LogP contribution < -0.4 is 11.1 Å². The number of nitrogens with two attached hydrogens (primary N) is 1. The Labute approximate surface area is 106 Å². The summed E-state index contributed by atoms with van der Waals surface area (Å²) in [6, 6.07) is 0.152. The van der Waals surface area contributed by atoms with E-state index in [0.717, 1.165) is 19.3 Å². The van der Waals surface area contributed by atoms with Crippen molar-refractivity contribution in [3.05, 3.63) is 0 Å². The molecule has 16 heavy (non-hydrogen) atoms. The number of hydrogen-bond donors (Lipinski definition) is 2. The molecule has 0 heterocycles. The van der Waals surface area contributed by atoms with Crippen molar-refractivity contribution in [1.82, 2.24) is 5.32 Å². The van der Waals surface area contributed by atoms with Gasteiger partial charge < -0.3 is 11.1 Å². The van der Waals surface area contributed by atoms with Gasteiger partial charge in [0.2, 0.25) is 5.91 Å². The van der Waals surface area contributed by atoms with Gasteiger partial charge in [-0.25, -0.2) is 0 Å². The predicted molar refractivity (Wildman–Crippen MR) is 71.8 cm³/mol. The molecular formula is C12H27ClN2O. The molecule has 3 N–H and O–H groups in total. The van der Waals surface area contributed by atoms with E-state index in [2.05, 4.69) is 26.1 Å². The topological polar surface area (TPSA) is 55.1 Å². The smallest absolute Gasteiger partial charge is 0.223 e. The zero-order valence-corrected chi connectivity index (χ0v) is 11.8. The highest BCUT2D eigenvalue weighted by Gasteiger charge is 2.18. The Balaban J connectivity index is 0. The molecule has 0 aromatic heterocycles. The van der Waals surface area contributed by atoms with Crippen molar-refractivity contribution >= 4 is 18.3 Å². The Morgan fingerprint density at radius 2 is 1.88 bits per heavy atom. The van der Waals surface area contributed by atoms with Crippen LogP contribution in [0, 0.1) is 11.8 Å². The van der Waals surface area contributed by atoms with E-state index in [-0.39, 0.29) is 30.3 Å². The maximum atomic E-state index is 11.8. The standard InChI is InChI=1S/C12H26N2O.ClH/c1-5-6-7-11(8-13)14-12(15)10(4)9(2)3;/h9-11H,5-8,13H2,1-4H3,(H,14,15);1H. The van der Waals surface area contributed by atoms with Crippen LogP contribution in [0.4, 0.5) is 0 Å². The van der Waals surface area contributed by atoms with Crippen LogP contribution in [0.1, 0.15) is 47.0 Å². The van der Waals surface area contributed by atoms with Gasteiger partial charge in [-0.15, -0.1) is 12.4 Å². The van der Waals surface area contributed by atoms with Crippen molar-refractivity contribution in [2.24, 2.45) is 17.6 Å². The van der Waals surface area contributed by atoms with E-state index in [1.165, 1.54) is 0 Å². The molecular weight excluding hydrogens is 224 g/mol. The monoisotopic (exact) mass is 250 g/mol. The molecule has 2 atom stereocenters. The van der Waals surface area contributed by atoms with Gasteiger partial charge in [-0.3, -0.25) is 4.79 Å². The first kappa shape index (κ1) is 18.1. The Morgan fingerprint density at radius 1 is 1.31 bits per heavy atom. The van der Waals surface area contributed by atoms with Crippen LogP contribution in [0.3, 0.4) is 0 Å². The second-order valence-corrected chi connectivity index (χ2v) is 4.62. The molecule has 1 amide bonds. The second kappa shape index (κ2) is 9.91. The van der Waals surface area contributed by atoms with Gasteiger partial charge in [-0.05, 0) is 12.3 Å². The molecule has 0 aromatic carbocycles.